The lowest BCUT2D eigenvalue weighted by atomic mass is 10.5. The van der Waals surface area contributed by atoms with E-state index in [0.29, 0.717) is 0 Å². The molecule has 0 aliphatic rings. The van der Waals surface area contributed by atoms with Crippen LogP contribution in [-0.4, -0.2) is 49.4 Å². The van der Waals surface area contributed by atoms with E-state index in [4.69, 9.17) is 39.1 Å². The first-order valence-electron chi connectivity index (χ1n) is 4.08. The Morgan fingerprint density at radius 1 is 0.684 bits per heavy atom. The molecular formula is C3H12O12P4. The Morgan fingerprint density at radius 3 is 0.947 bits per heavy atom. The summed E-state index contributed by atoms with van der Waals surface area (Å²) >= 11 is 0. The van der Waals surface area contributed by atoms with Gasteiger partial charge in [-0.05, 0) is 6.92 Å². The highest BCUT2D eigenvalue weighted by atomic mass is 31.3. The molecule has 0 heterocycles. The molecule has 0 atom stereocenters. The summed E-state index contributed by atoms with van der Waals surface area (Å²) in [5.41, 5.74) is 0. The highest BCUT2D eigenvalue weighted by Crippen LogP contribution is 2.81. The summed E-state index contributed by atoms with van der Waals surface area (Å²) in [7, 11) is -23.9. The lowest BCUT2D eigenvalue weighted by molar-refractivity contribution is 0.286. The smallest absolute Gasteiger partial charge is 0.324 e. The molecule has 0 rings (SSSR count). The fourth-order valence-corrected chi connectivity index (χ4v) is 9.71. The molecule has 0 amide bonds. The van der Waals surface area contributed by atoms with E-state index in [0.717, 1.165) is 0 Å². The third kappa shape index (κ3) is 3.83. The van der Waals surface area contributed by atoms with Gasteiger partial charge in [0.1, 0.15) is 0 Å². The third-order valence-electron chi connectivity index (χ3n) is 2.31. The quantitative estimate of drug-likeness (QED) is 0.267. The summed E-state index contributed by atoms with van der Waals surface area (Å²) in [5.74, 6) is 0. The van der Waals surface area contributed by atoms with E-state index in [-0.39, 0.29) is 6.92 Å². The lowest BCUT2D eigenvalue weighted by Gasteiger charge is -2.37. The normalized spacial score (nSPS) is 15.9. The van der Waals surface area contributed by atoms with Gasteiger partial charge in [0.2, 0.25) is 0 Å². The van der Waals surface area contributed by atoms with Crippen LogP contribution in [0.4, 0.5) is 0 Å². The summed E-state index contributed by atoms with van der Waals surface area (Å²) < 4.78 is 44.4. The number of rotatable bonds is 5. The summed E-state index contributed by atoms with van der Waals surface area (Å²) in [4.78, 5) is 66.9. The Balaban J connectivity index is 6.63. The second-order valence-electron chi connectivity index (χ2n) is 3.73. The minimum absolute atomic E-state index is 0.0113. The summed E-state index contributed by atoms with van der Waals surface area (Å²) in [6, 6.07) is 0. The van der Waals surface area contributed by atoms with Crippen molar-refractivity contribution in [3.63, 3.8) is 0 Å². The van der Waals surface area contributed by atoms with Crippen LogP contribution < -0.4 is 0 Å². The van der Waals surface area contributed by atoms with Gasteiger partial charge in [0.05, 0.1) is 0 Å². The maximum absolute atomic E-state index is 11.2. The van der Waals surface area contributed by atoms with Crippen LogP contribution >= 0.6 is 30.4 Å². The maximum Gasteiger partial charge on any atom is 0.345 e. The predicted molar refractivity (Wildman–Crippen MR) is 60.4 cm³/mol. The molecule has 8 N–H and O–H groups in total. The van der Waals surface area contributed by atoms with E-state index in [1.165, 1.54) is 0 Å². The van der Waals surface area contributed by atoms with Crippen LogP contribution in [0.1, 0.15) is 6.92 Å². The van der Waals surface area contributed by atoms with E-state index < -0.39 is 40.7 Å². The molecule has 0 bridgehead atoms. The topological polar surface area (TPSA) is 230 Å². The van der Waals surface area contributed by atoms with Crippen molar-refractivity contribution in [1.82, 2.24) is 0 Å². The van der Waals surface area contributed by atoms with E-state index in [9.17, 15) is 18.3 Å². The Bertz CT molecular complexity index is 481. The van der Waals surface area contributed by atoms with Crippen LogP contribution in [0.3, 0.4) is 0 Å². The first-order valence-corrected chi connectivity index (χ1v) is 10.7. The molecular weight excluding hydrogens is 352 g/mol. The maximum atomic E-state index is 11.2. The van der Waals surface area contributed by atoms with Gasteiger partial charge >= 0.3 is 30.4 Å². The zero-order chi connectivity index (χ0) is 16.1. The van der Waals surface area contributed by atoms with Gasteiger partial charge in [0, 0.05) is 0 Å². The Kier molecular flexibility index (Phi) is 5.26. The van der Waals surface area contributed by atoms with E-state index >= 15 is 0 Å². The van der Waals surface area contributed by atoms with Crippen molar-refractivity contribution in [3.05, 3.63) is 0 Å². The van der Waals surface area contributed by atoms with Crippen molar-refractivity contribution in [2.24, 2.45) is 0 Å². The monoisotopic (exact) mass is 364 g/mol. The second-order valence-corrected chi connectivity index (χ2v) is 11.9. The van der Waals surface area contributed by atoms with E-state index in [1.54, 1.807) is 0 Å². The van der Waals surface area contributed by atoms with Crippen molar-refractivity contribution >= 4 is 30.4 Å². The molecule has 19 heavy (non-hydrogen) atoms. The molecule has 0 aromatic heterocycles. The molecule has 0 saturated heterocycles. The molecule has 16 heteroatoms. The molecule has 0 aliphatic carbocycles. The van der Waals surface area contributed by atoms with Gasteiger partial charge in [-0.25, -0.2) is 0 Å². The molecule has 0 aromatic carbocycles. The summed E-state index contributed by atoms with van der Waals surface area (Å²) in [6.07, 6.45) is 0. The first kappa shape index (κ1) is 19.6. The fourth-order valence-electron chi connectivity index (χ4n) is 1.30. The van der Waals surface area contributed by atoms with Crippen molar-refractivity contribution in [2.75, 3.05) is 0 Å². The molecule has 0 saturated carbocycles. The zero-order valence-electron chi connectivity index (χ0n) is 9.08. The van der Waals surface area contributed by atoms with E-state index in [1.807, 2.05) is 0 Å². The van der Waals surface area contributed by atoms with Crippen LogP contribution in [0.2, 0.25) is 0 Å². The molecule has 0 aliphatic heterocycles. The van der Waals surface area contributed by atoms with Crippen LogP contribution in [0, 0.1) is 0 Å². The Morgan fingerprint density at radius 2 is 0.895 bits per heavy atom. The van der Waals surface area contributed by atoms with Crippen LogP contribution in [0.25, 0.3) is 0 Å². The fraction of sp³-hybridized carbons (Fsp3) is 1.00. The molecule has 0 fully saturated rings. The predicted octanol–water partition coefficient (Wildman–Crippen LogP) is -1.26. The van der Waals surface area contributed by atoms with Crippen LogP contribution in [-0.2, 0) is 18.3 Å². The molecule has 116 valence electrons. The van der Waals surface area contributed by atoms with Gasteiger partial charge in [-0.1, -0.05) is 0 Å². The Hall–Kier alpha value is 0.600. The van der Waals surface area contributed by atoms with Crippen molar-refractivity contribution in [2.45, 2.75) is 17.2 Å². The third-order valence-corrected chi connectivity index (χ3v) is 11.7. The van der Waals surface area contributed by atoms with E-state index in [2.05, 4.69) is 0 Å². The standard InChI is InChI=1S/C3H12O12P4/c1-3(18(10,11)12,19(13,14)15)2(16(4,5)6)17(7,8)9/h2H,1H3,(H2,4,5,6)(H2,7,8,9)(H2,10,11,12)(H2,13,14,15). The first-order chi connectivity index (χ1) is 7.87. The molecule has 0 aromatic rings. The Labute approximate surface area is 106 Å². The molecule has 0 spiro atoms. The minimum Gasteiger partial charge on any atom is -0.324 e. The van der Waals surface area contributed by atoms with Crippen LogP contribution in [0.5, 0.6) is 0 Å². The van der Waals surface area contributed by atoms with Gasteiger partial charge < -0.3 is 39.1 Å². The highest BCUT2D eigenvalue weighted by Gasteiger charge is 2.71. The molecule has 0 unspecified atom stereocenters. The van der Waals surface area contributed by atoms with Gasteiger partial charge in [-0.15, -0.1) is 0 Å². The molecule has 12 nitrogen and oxygen atoms in total. The number of hydrogen-bond acceptors (Lipinski definition) is 4. The van der Waals surface area contributed by atoms with Crippen molar-refractivity contribution < 1.29 is 57.4 Å². The van der Waals surface area contributed by atoms with Gasteiger partial charge in [0.15, 0.2) is 10.3 Å². The highest BCUT2D eigenvalue weighted by molar-refractivity contribution is 7.79. The SMILES string of the molecule is CC(C(P(=O)(O)O)P(=O)(O)O)(P(=O)(O)O)P(=O)(O)O. The van der Waals surface area contributed by atoms with Gasteiger partial charge in [0.25, 0.3) is 0 Å². The van der Waals surface area contributed by atoms with Gasteiger partial charge in [-0.2, -0.15) is 0 Å². The largest absolute Gasteiger partial charge is 0.345 e. The summed E-state index contributed by atoms with van der Waals surface area (Å²) in [5, 5.41) is -3.55. The van der Waals surface area contributed by atoms with Crippen molar-refractivity contribution in [3.8, 4) is 0 Å². The van der Waals surface area contributed by atoms with Gasteiger partial charge in [-0.3, -0.25) is 18.3 Å². The van der Waals surface area contributed by atoms with Crippen molar-refractivity contribution in [1.29, 1.82) is 0 Å². The number of hydrogen-bond donors (Lipinski definition) is 8. The zero-order valence-corrected chi connectivity index (χ0v) is 12.7. The average molecular weight is 364 g/mol. The second kappa shape index (κ2) is 5.10. The summed E-state index contributed by atoms with van der Waals surface area (Å²) in [6.45, 7) is 0.0113. The average Bonchev–Trinajstić information content (AvgIpc) is 1.92. The minimum atomic E-state index is -6.01. The lowest BCUT2D eigenvalue weighted by Crippen LogP contribution is -2.39. The van der Waals surface area contributed by atoms with Crippen LogP contribution in [0.15, 0.2) is 0 Å². The molecule has 0 radical (unpaired) electrons.